The first-order valence-corrected chi connectivity index (χ1v) is 9.53. The van der Waals surface area contributed by atoms with E-state index in [9.17, 15) is 9.90 Å². The Labute approximate surface area is 157 Å². The van der Waals surface area contributed by atoms with Crippen LogP contribution in [-0.2, 0) is 0 Å². The van der Waals surface area contributed by atoms with Gasteiger partial charge in [0.1, 0.15) is 0 Å². The summed E-state index contributed by atoms with van der Waals surface area (Å²) in [6.07, 6.45) is 4.33. The van der Waals surface area contributed by atoms with Crippen LogP contribution in [0.1, 0.15) is 47.4 Å². The molecule has 0 radical (unpaired) electrons. The van der Waals surface area contributed by atoms with E-state index in [4.69, 9.17) is 0 Å². The second-order valence-electron chi connectivity index (χ2n) is 7.23. The summed E-state index contributed by atoms with van der Waals surface area (Å²) in [5, 5.41) is 9.60. The van der Waals surface area contributed by atoms with Gasteiger partial charge in [0.2, 0.25) is 0 Å². The number of piperidine rings is 1. The highest BCUT2D eigenvalue weighted by Crippen LogP contribution is 2.32. The van der Waals surface area contributed by atoms with Gasteiger partial charge in [-0.2, -0.15) is 0 Å². The molecule has 2 aromatic heterocycles. The van der Waals surface area contributed by atoms with Crippen LogP contribution in [0.2, 0.25) is 0 Å². The van der Waals surface area contributed by atoms with Gasteiger partial charge in [-0.3, -0.25) is 4.90 Å². The number of hydrogen-bond acceptors (Lipinski definition) is 3. The van der Waals surface area contributed by atoms with E-state index in [0.29, 0.717) is 11.6 Å². The van der Waals surface area contributed by atoms with Crippen LogP contribution in [0.5, 0.6) is 0 Å². The monoisotopic (exact) mass is 407 g/mol. The van der Waals surface area contributed by atoms with Crippen molar-refractivity contribution in [1.82, 2.24) is 14.2 Å². The predicted molar refractivity (Wildman–Crippen MR) is 103 cm³/mol. The second kappa shape index (κ2) is 7.09. The van der Waals surface area contributed by atoms with Gasteiger partial charge in [0.25, 0.3) is 0 Å². The van der Waals surface area contributed by atoms with Gasteiger partial charge in [-0.1, -0.05) is 0 Å². The van der Waals surface area contributed by atoms with Crippen molar-refractivity contribution in [1.29, 1.82) is 0 Å². The molecule has 3 rings (SSSR count). The number of pyridine rings is 1. The first-order chi connectivity index (χ1) is 11.8. The summed E-state index contributed by atoms with van der Waals surface area (Å²) in [5.41, 5.74) is 3.23. The Bertz CT molecular complexity index is 792. The molecule has 0 aromatic carbocycles. The van der Waals surface area contributed by atoms with Crippen LogP contribution >= 0.6 is 15.9 Å². The van der Waals surface area contributed by atoms with E-state index in [1.807, 2.05) is 19.2 Å². The fourth-order valence-electron chi connectivity index (χ4n) is 4.04. The molecule has 1 fully saturated rings. The molecule has 1 N–H and O–H groups in total. The molecular formula is C19H26BrN3O2. The van der Waals surface area contributed by atoms with Crippen LogP contribution in [0.3, 0.4) is 0 Å². The molecule has 1 atom stereocenters. The molecule has 2 aromatic rings. The lowest BCUT2D eigenvalue weighted by Crippen LogP contribution is -2.43. The second-order valence-corrected chi connectivity index (χ2v) is 8.15. The third-order valence-corrected chi connectivity index (χ3v) is 5.99. The Kier molecular flexibility index (Phi) is 5.23. The number of nitrogens with zero attached hydrogens (tertiary/aromatic N) is 3. The number of halogens is 1. The normalized spacial score (nSPS) is 18.2. The molecule has 0 spiro atoms. The summed E-state index contributed by atoms with van der Waals surface area (Å²) >= 11 is 3.53. The average molecular weight is 408 g/mol. The molecule has 1 aliphatic rings. The van der Waals surface area contributed by atoms with Crippen molar-refractivity contribution in [2.75, 3.05) is 27.2 Å². The average Bonchev–Trinajstić information content (AvgIpc) is 2.93. The maximum atomic E-state index is 11.7. The van der Waals surface area contributed by atoms with Gasteiger partial charge >= 0.3 is 5.97 Å². The van der Waals surface area contributed by atoms with Crippen LogP contribution in [0.15, 0.2) is 22.8 Å². The zero-order valence-corrected chi connectivity index (χ0v) is 16.9. The molecule has 0 aliphatic carbocycles. The first-order valence-electron chi connectivity index (χ1n) is 8.74. The molecule has 1 saturated heterocycles. The zero-order chi connectivity index (χ0) is 18.3. The number of carboxylic acid groups (broad SMARTS) is 1. The van der Waals surface area contributed by atoms with Crippen molar-refractivity contribution >= 4 is 27.4 Å². The maximum Gasteiger partial charge on any atom is 0.336 e. The van der Waals surface area contributed by atoms with E-state index in [1.54, 1.807) is 6.07 Å². The lowest BCUT2D eigenvalue weighted by atomic mass is 9.98. The zero-order valence-electron chi connectivity index (χ0n) is 15.3. The van der Waals surface area contributed by atoms with E-state index < -0.39 is 5.97 Å². The topological polar surface area (TPSA) is 48.2 Å². The fraction of sp³-hybridized carbons (Fsp3) is 0.526. The lowest BCUT2D eigenvalue weighted by Gasteiger charge is -2.39. The standard InChI is InChI=1S/C19H26BrN3O2/c1-12-17(19(24)25)10-16-9-14(20)11-23(16)18(12)13(2)22-7-5-15(6-8-22)21(3)4/h9-11,13,15H,5-8H2,1-4H3,(H,24,25). The van der Waals surface area contributed by atoms with E-state index >= 15 is 0 Å². The Morgan fingerprint density at radius 3 is 2.52 bits per heavy atom. The van der Waals surface area contributed by atoms with Crippen LogP contribution in [0, 0.1) is 6.92 Å². The highest BCUT2D eigenvalue weighted by Gasteiger charge is 2.28. The molecule has 25 heavy (non-hydrogen) atoms. The van der Waals surface area contributed by atoms with Crippen LogP contribution < -0.4 is 0 Å². The fourth-order valence-corrected chi connectivity index (χ4v) is 4.48. The molecule has 0 amide bonds. The number of carbonyl (C=O) groups is 1. The quantitative estimate of drug-likeness (QED) is 0.836. The molecular weight excluding hydrogens is 382 g/mol. The van der Waals surface area contributed by atoms with Gasteiger partial charge in [0.05, 0.1) is 5.56 Å². The first kappa shape index (κ1) is 18.4. The van der Waals surface area contributed by atoms with E-state index in [1.165, 1.54) is 0 Å². The Morgan fingerprint density at radius 2 is 1.96 bits per heavy atom. The van der Waals surface area contributed by atoms with Gasteiger partial charge in [0.15, 0.2) is 0 Å². The Balaban J connectivity index is 1.99. The highest BCUT2D eigenvalue weighted by molar-refractivity contribution is 9.10. The van der Waals surface area contributed by atoms with Gasteiger partial charge in [-0.25, -0.2) is 4.79 Å². The van der Waals surface area contributed by atoms with Crippen molar-refractivity contribution in [3.05, 3.63) is 39.6 Å². The predicted octanol–water partition coefficient (Wildman–Crippen LogP) is 3.80. The molecule has 0 saturated carbocycles. The summed E-state index contributed by atoms with van der Waals surface area (Å²) in [4.78, 5) is 16.5. The van der Waals surface area contributed by atoms with E-state index in [2.05, 4.69) is 51.1 Å². The van der Waals surface area contributed by atoms with Crippen molar-refractivity contribution in [2.24, 2.45) is 0 Å². The number of likely N-dealkylation sites (tertiary alicyclic amines) is 1. The Morgan fingerprint density at radius 1 is 1.32 bits per heavy atom. The number of aromatic carboxylic acids is 1. The molecule has 0 bridgehead atoms. The largest absolute Gasteiger partial charge is 0.478 e. The molecule has 5 nitrogen and oxygen atoms in total. The van der Waals surface area contributed by atoms with Crippen LogP contribution in [0.25, 0.3) is 5.52 Å². The molecule has 6 heteroatoms. The summed E-state index contributed by atoms with van der Waals surface area (Å²) in [6, 6.07) is 4.54. The summed E-state index contributed by atoms with van der Waals surface area (Å²) in [5.74, 6) is -0.864. The van der Waals surface area contributed by atoms with Gasteiger partial charge in [0, 0.05) is 47.1 Å². The number of fused-ring (bicyclic) bond motifs is 1. The van der Waals surface area contributed by atoms with E-state index in [0.717, 1.165) is 47.2 Å². The van der Waals surface area contributed by atoms with Gasteiger partial charge in [-0.05, 0) is 74.4 Å². The van der Waals surface area contributed by atoms with Crippen LogP contribution in [0.4, 0.5) is 0 Å². The van der Waals surface area contributed by atoms with Crippen LogP contribution in [-0.4, -0.2) is 58.5 Å². The molecule has 3 heterocycles. The minimum atomic E-state index is -0.864. The number of rotatable bonds is 4. The van der Waals surface area contributed by atoms with Gasteiger partial charge in [-0.15, -0.1) is 0 Å². The highest BCUT2D eigenvalue weighted by atomic mass is 79.9. The molecule has 136 valence electrons. The maximum absolute atomic E-state index is 11.7. The Hall–Kier alpha value is -1.37. The van der Waals surface area contributed by atoms with Gasteiger partial charge < -0.3 is 14.4 Å². The lowest BCUT2D eigenvalue weighted by molar-refractivity contribution is 0.0695. The van der Waals surface area contributed by atoms with E-state index in [-0.39, 0.29) is 6.04 Å². The smallest absolute Gasteiger partial charge is 0.336 e. The molecule has 1 aliphatic heterocycles. The third-order valence-electron chi connectivity index (χ3n) is 5.56. The molecule has 1 unspecified atom stereocenters. The summed E-state index contributed by atoms with van der Waals surface area (Å²) in [6.45, 7) is 6.18. The number of hydrogen-bond donors (Lipinski definition) is 1. The number of aromatic nitrogens is 1. The third kappa shape index (κ3) is 3.48. The van der Waals surface area contributed by atoms with Crippen molar-refractivity contribution < 1.29 is 9.90 Å². The number of carboxylic acids is 1. The summed E-state index contributed by atoms with van der Waals surface area (Å²) in [7, 11) is 4.29. The SMILES string of the molecule is Cc1c(C(=O)O)cc2cc(Br)cn2c1C(C)N1CCC(N(C)C)CC1. The minimum Gasteiger partial charge on any atom is -0.478 e. The van der Waals surface area contributed by atoms with Crippen molar-refractivity contribution in [3.8, 4) is 0 Å². The van der Waals surface area contributed by atoms with Crippen molar-refractivity contribution in [3.63, 3.8) is 0 Å². The minimum absolute atomic E-state index is 0.171. The summed E-state index contributed by atoms with van der Waals surface area (Å²) < 4.78 is 3.10. The van der Waals surface area contributed by atoms with Crippen molar-refractivity contribution in [2.45, 2.75) is 38.8 Å².